The summed E-state index contributed by atoms with van der Waals surface area (Å²) in [4.78, 5) is 24.9. The first-order chi connectivity index (χ1) is 9.93. The number of nitrogens with zero attached hydrogens (tertiary/aromatic N) is 1. The molecule has 2 rings (SSSR count). The maximum Gasteiger partial charge on any atom is 0.306 e. The van der Waals surface area contributed by atoms with Crippen molar-refractivity contribution in [2.45, 2.75) is 44.1 Å². The number of hydrogen-bond acceptors (Lipinski definition) is 4. The number of carboxylic acid groups (broad SMARTS) is 1. The summed E-state index contributed by atoms with van der Waals surface area (Å²) in [6.45, 7) is 2.13. The summed E-state index contributed by atoms with van der Waals surface area (Å²) in [5.41, 5.74) is -0.795. The van der Waals surface area contributed by atoms with Crippen LogP contribution in [-0.4, -0.2) is 59.3 Å². The molecule has 0 spiro atoms. The van der Waals surface area contributed by atoms with E-state index < -0.39 is 11.6 Å². The summed E-state index contributed by atoms with van der Waals surface area (Å²) in [6.07, 6.45) is 4.01. The lowest BCUT2D eigenvalue weighted by Crippen LogP contribution is -2.50. The van der Waals surface area contributed by atoms with Gasteiger partial charge in [-0.2, -0.15) is 0 Å². The second kappa shape index (κ2) is 6.75. The van der Waals surface area contributed by atoms with Gasteiger partial charge in [-0.25, -0.2) is 0 Å². The van der Waals surface area contributed by atoms with Crippen LogP contribution in [0, 0.1) is 11.8 Å². The molecule has 1 saturated heterocycles. The van der Waals surface area contributed by atoms with Crippen molar-refractivity contribution in [3.05, 3.63) is 0 Å². The van der Waals surface area contributed by atoms with E-state index in [-0.39, 0.29) is 17.7 Å². The van der Waals surface area contributed by atoms with E-state index in [9.17, 15) is 14.7 Å². The van der Waals surface area contributed by atoms with Crippen LogP contribution in [0.25, 0.3) is 0 Å². The molecule has 120 valence electrons. The Labute approximate surface area is 125 Å². The molecule has 1 heterocycles. The first-order valence-corrected chi connectivity index (χ1v) is 7.83. The second-order valence-electron chi connectivity index (χ2n) is 6.53. The van der Waals surface area contributed by atoms with Crippen LogP contribution in [0.1, 0.15) is 38.5 Å². The lowest BCUT2D eigenvalue weighted by atomic mass is 9.78. The van der Waals surface area contributed by atoms with Gasteiger partial charge in [0.1, 0.15) is 0 Å². The van der Waals surface area contributed by atoms with Crippen LogP contribution in [0.3, 0.4) is 0 Å². The molecule has 1 unspecified atom stereocenters. The Morgan fingerprint density at radius 2 is 1.90 bits per heavy atom. The van der Waals surface area contributed by atoms with Crippen molar-refractivity contribution in [1.82, 2.24) is 10.2 Å². The molecule has 1 aliphatic carbocycles. The summed E-state index contributed by atoms with van der Waals surface area (Å²) in [7, 11) is 1.65. The third kappa shape index (κ3) is 4.17. The van der Waals surface area contributed by atoms with Gasteiger partial charge in [0.25, 0.3) is 0 Å². The average Bonchev–Trinajstić information content (AvgIpc) is 2.46. The lowest BCUT2D eigenvalue weighted by molar-refractivity contribution is -0.145. The van der Waals surface area contributed by atoms with E-state index in [1.165, 1.54) is 0 Å². The zero-order valence-electron chi connectivity index (χ0n) is 12.7. The van der Waals surface area contributed by atoms with E-state index in [0.717, 1.165) is 19.4 Å². The Kier molecular flexibility index (Phi) is 5.22. The molecule has 21 heavy (non-hydrogen) atoms. The molecular formula is C15H26N2O4. The molecule has 1 aliphatic heterocycles. The molecule has 2 fully saturated rings. The third-order valence-electron chi connectivity index (χ3n) is 4.91. The molecule has 0 aromatic rings. The van der Waals surface area contributed by atoms with Crippen LogP contribution >= 0.6 is 0 Å². The number of aliphatic hydroxyl groups is 1. The smallest absolute Gasteiger partial charge is 0.306 e. The predicted octanol–water partition coefficient (Wildman–Crippen LogP) is 0.450. The Hall–Kier alpha value is -1.14. The van der Waals surface area contributed by atoms with Crippen molar-refractivity contribution in [2.75, 3.05) is 26.7 Å². The zero-order chi connectivity index (χ0) is 15.5. The Bertz CT molecular complexity index is 391. The van der Waals surface area contributed by atoms with E-state index in [0.29, 0.717) is 38.8 Å². The van der Waals surface area contributed by atoms with E-state index in [4.69, 9.17) is 5.11 Å². The summed E-state index contributed by atoms with van der Waals surface area (Å²) in [5.74, 6) is -0.996. The van der Waals surface area contributed by atoms with E-state index in [1.54, 1.807) is 7.05 Å². The molecule has 6 heteroatoms. The van der Waals surface area contributed by atoms with Gasteiger partial charge in [-0.1, -0.05) is 0 Å². The number of carbonyl (C=O) groups excluding carboxylic acids is 1. The van der Waals surface area contributed by atoms with Crippen molar-refractivity contribution in [1.29, 1.82) is 0 Å². The van der Waals surface area contributed by atoms with E-state index in [1.807, 2.05) is 0 Å². The number of hydrogen-bond donors (Lipinski definition) is 3. The van der Waals surface area contributed by atoms with Gasteiger partial charge in [-0.15, -0.1) is 0 Å². The Balaban J connectivity index is 1.86. The number of carbonyl (C=O) groups is 2. The molecule has 0 aromatic carbocycles. The normalized spacial score (nSPS) is 34.4. The molecule has 1 amide bonds. The summed E-state index contributed by atoms with van der Waals surface area (Å²) < 4.78 is 0. The van der Waals surface area contributed by atoms with Crippen LogP contribution in [0.15, 0.2) is 0 Å². The van der Waals surface area contributed by atoms with Crippen LogP contribution in [-0.2, 0) is 9.59 Å². The summed E-state index contributed by atoms with van der Waals surface area (Å²) in [6, 6.07) is 0. The number of amides is 1. The van der Waals surface area contributed by atoms with E-state index in [2.05, 4.69) is 10.2 Å². The summed E-state index contributed by atoms with van der Waals surface area (Å²) >= 11 is 0. The summed E-state index contributed by atoms with van der Waals surface area (Å²) in [5, 5.41) is 22.4. The zero-order valence-corrected chi connectivity index (χ0v) is 12.7. The number of aliphatic carboxylic acids is 1. The second-order valence-corrected chi connectivity index (χ2v) is 6.53. The fourth-order valence-electron chi connectivity index (χ4n) is 3.59. The largest absolute Gasteiger partial charge is 0.481 e. The Morgan fingerprint density at radius 3 is 2.48 bits per heavy atom. The minimum Gasteiger partial charge on any atom is -0.481 e. The van der Waals surface area contributed by atoms with Crippen molar-refractivity contribution in [3.8, 4) is 0 Å². The average molecular weight is 298 g/mol. The van der Waals surface area contributed by atoms with Gasteiger partial charge in [0, 0.05) is 20.1 Å². The molecule has 3 N–H and O–H groups in total. The van der Waals surface area contributed by atoms with Crippen LogP contribution < -0.4 is 5.32 Å². The fourth-order valence-corrected chi connectivity index (χ4v) is 3.59. The fraction of sp³-hybridized carbons (Fsp3) is 0.867. The number of piperidine rings is 1. The predicted molar refractivity (Wildman–Crippen MR) is 77.8 cm³/mol. The van der Waals surface area contributed by atoms with Gasteiger partial charge in [-0.3, -0.25) is 14.5 Å². The maximum atomic E-state index is 11.7. The molecule has 0 radical (unpaired) electrons. The maximum absolute atomic E-state index is 11.7. The van der Waals surface area contributed by atoms with Crippen LogP contribution in [0.2, 0.25) is 0 Å². The van der Waals surface area contributed by atoms with Gasteiger partial charge in [-0.05, 0) is 45.1 Å². The monoisotopic (exact) mass is 298 g/mol. The number of nitrogens with one attached hydrogen (secondary N) is 1. The highest BCUT2D eigenvalue weighted by Crippen LogP contribution is 2.33. The number of carboxylic acids is 1. The molecular weight excluding hydrogens is 272 g/mol. The highest BCUT2D eigenvalue weighted by molar-refractivity contribution is 5.78. The minimum absolute atomic E-state index is 0.00251. The lowest BCUT2D eigenvalue weighted by Gasteiger charge is -2.41. The van der Waals surface area contributed by atoms with E-state index >= 15 is 0 Å². The van der Waals surface area contributed by atoms with Crippen molar-refractivity contribution in [3.63, 3.8) is 0 Å². The Morgan fingerprint density at radius 1 is 1.24 bits per heavy atom. The van der Waals surface area contributed by atoms with Gasteiger partial charge >= 0.3 is 5.97 Å². The van der Waals surface area contributed by atoms with Crippen molar-refractivity contribution < 1.29 is 19.8 Å². The van der Waals surface area contributed by atoms with Crippen LogP contribution in [0.5, 0.6) is 0 Å². The standard InChI is InChI=1S/C15H26N2O4/c1-16-13(18)12-3-2-8-17(9-12)10-15(21)6-4-11(5-7-15)14(19)20/h11-12,21H,2-10H2,1H3,(H,16,18)(H,19,20). The molecule has 0 aromatic heterocycles. The van der Waals surface area contributed by atoms with Gasteiger partial charge in [0.2, 0.25) is 5.91 Å². The highest BCUT2D eigenvalue weighted by atomic mass is 16.4. The first kappa shape index (κ1) is 16.2. The third-order valence-corrected chi connectivity index (χ3v) is 4.91. The van der Waals surface area contributed by atoms with Crippen LogP contribution in [0.4, 0.5) is 0 Å². The van der Waals surface area contributed by atoms with Gasteiger partial charge < -0.3 is 15.5 Å². The molecule has 1 atom stereocenters. The number of rotatable bonds is 4. The van der Waals surface area contributed by atoms with Crippen molar-refractivity contribution >= 4 is 11.9 Å². The molecule has 2 aliphatic rings. The SMILES string of the molecule is CNC(=O)C1CCCN(CC2(O)CCC(C(=O)O)CC2)C1. The first-order valence-electron chi connectivity index (χ1n) is 7.83. The number of likely N-dealkylation sites (tertiary alicyclic amines) is 1. The van der Waals surface area contributed by atoms with Gasteiger partial charge in [0.15, 0.2) is 0 Å². The molecule has 1 saturated carbocycles. The molecule has 6 nitrogen and oxygen atoms in total. The topological polar surface area (TPSA) is 89.9 Å². The van der Waals surface area contributed by atoms with Gasteiger partial charge in [0.05, 0.1) is 17.4 Å². The highest BCUT2D eigenvalue weighted by Gasteiger charge is 2.38. The quantitative estimate of drug-likeness (QED) is 0.701. The minimum atomic E-state index is -0.795. The number of β-amino-alcohol motifs (C(OH)–C–C–N with tert-alkyl or cyclic N) is 1. The molecule has 0 bridgehead atoms. The van der Waals surface area contributed by atoms with Crippen molar-refractivity contribution in [2.24, 2.45) is 11.8 Å².